The van der Waals surface area contributed by atoms with Gasteiger partial charge in [-0.2, -0.15) is 5.26 Å². The molecule has 0 saturated carbocycles. The van der Waals surface area contributed by atoms with Gasteiger partial charge in [0.2, 0.25) is 11.8 Å². The molecule has 0 aliphatic rings. The number of rotatable bonds is 8. The van der Waals surface area contributed by atoms with E-state index in [-0.39, 0.29) is 25.3 Å². The van der Waals surface area contributed by atoms with Crippen molar-refractivity contribution in [1.82, 2.24) is 10.6 Å². The Labute approximate surface area is 181 Å². The largest absolute Gasteiger partial charge is 0.341 e. The number of halogens is 2. The van der Waals surface area contributed by atoms with E-state index in [1.54, 1.807) is 54.6 Å². The molecule has 0 bridgehead atoms. The van der Waals surface area contributed by atoms with E-state index >= 15 is 0 Å². The number of benzene rings is 2. The Bertz CT molecular complexity index is 911. The van der Waals surface area contributed by atoms with Crippen molar-refractivity contribution < 1.29 is 14.4 Å². The second kappa shape index (κ2) is 11.2. The van der Waals surface area contributed by atoms with Crippen molar-refractivity contribution in [2.75, 3.05) is 11.9 Å². The van der Waals surface area contributed by atoms with Crippen LogP contribution in [0, 0.1) is 11.3 Å². The predicted molar refractivity (Wildman–Crippen MR) is 113 cm³/mol. The number of nitrogens with one attached hydrogen (secondary N) is 3. The van der Waals surface area contributed by atoms with E-state index in [1.807, 2.05) is 0 Å². The zero-order valence-electron chi connectivity index (χ0n) is 15.2. The van der Waals surface area contributed by atoms with Crippen LogP contribution in [0.25, 0.3) is 0 Å². The minimum atomic E-state index is -0.963. The van der Waals surface area contributed by atoms with Gasteiger partial charge >= 0.3 is 0 Å². The molecule has 3 amide bonds. The average molecular weight is 478 g/mol. The van der Waals surface area contributed by atoms with Crippen LogP contribution in [0.3, 0.4) is 0 Å². The molecule has 0 aliphatic heterocycles. The lowest BCUT2D eigenvalue weighted by Gasteiger charge is -2.18. The molecule has 7 nitrogen and oxygen atoms in total. The fraction of sp³-hybridized carbons (Fsp3) is 0.200. The summed E-state index contributed by atoms with van der Waals surface area (Å²) in [6.07, 6.45) is 0.0623. The highest BCUT2D eigenvalue weighted by molar-refractivity contribution is 9.10. The lowest BCUT2D eigenvalue weighted by Crippen LogP contribution is -2.47. The van der Waals surface area contributed by atoms with Gasteiger partial charge in [0, 0.05) is 27.2 Å². The minimum Gasteiger partial charge on any atom is -0.341 e. The highest BCUT2D eigenvalue weighted by Crippen LogP contribution is 2.14. The molecule has 0 spiro atoms. The van der Waals surface area contributed by atoms with Crippen molar-refractivity contribution >= 4 is 50.9 Å². The Morgan fingerprint density at radius 2 is 1.72 bits per heavy atom. The molecule has 0 heterocycles. The maximum Gasteiger partial charge on any atom is 0.251 e. The second-order valence-electron chi connectivity index (χ2n) is 6.00. The van der Waals surface area contributed by atoms with Gasteiger partial charge in [-0.1, -0.05) is 27.5 Å². The van der Waals surface area contributed by atoms with Gasteiger partial charge in [-0.05, 0) is 55.0 Å². The van der Waals surface area contributed by atoms with Crippen molar-refractivity contribution in [2.45, 2.75) is 18.9 Å². The average Bonchev–Trinajstić information content (AvgIpc) is 2.71. The molecule has 150 valence electrons. The van der Waals surface area contributed by atoms with Gasteiger partial charge < -0.3 is 16.0 Å². The first kappa shape index (κ1) is 22.4. The Kier molecular flexibility index (Phi) is 8.65. The van der Waals surface area contributed by atoms with Crippen molar-refractivity contribution in [3.8, 4) is 6.07 Å². The fourth-order valence-corrected chi connectivity index (χ4v) is 2.78. The number of nitriles is 1. The molecule has 3 N–H and O–H groups in total. The number of hydrogen-bond acceptors (Lipinski definition) is 4. The molecule has 29 heavy (non-hydrogen) atoms. The summed E-state index contributed by atoms with van der Waals surface area (Å²) < 4.78 is 0.816. The molecule has 0 radical (unpaired) electrons. The van der Waals surface area contributed by atoms with Gasteiger partial charge in [0.15, 0.2) is 0 Å². The smallest absolute Gasteiger partial charge is 0.251 e. The van der Waals surface area contributed by atoms with Crippen LogP contribution >= 0.6 is 27.5 Å². The standard InChI is InChI=1S/C20H18BrClN4O3/c21-14-3-1-13(2-4-14)19(28)26-17(20(29)24-12-11-23)9-10-18(27)25-16-7-5-15(22)6-8-16/h1-8,17H,9-10,12H2,(H,24,29)(H,25,27)(H,26,28)/t17-/m0/s1. The number of nitrogens with zero attached hydrogens (tertiary/aromatic N) is 1. The zero-order chi connectivity index (χ0) is 21.2. The van der Waals surface area contributed by atoms with Gasteiger partial charge in [0.1, 0.15) is 12.6 Å². The molecule has 0 aromatic heterocycles. The predicted octanol–water partition coefficient (Wildman–Crippen LogP) is 3.26. The third-order valence-corrected chi connectivity index (χ3v) is 4.64. The van der Waals surface area contributed by atoms with Crippen LogP contribution in [0.15, 0.2) is 53.0 Å². The first-order valence-corrected chi connectivity index (χ1v) is 9.82. The number of anilines is 1. The summed E-state index contributed by atoms with van der Waals surface area (Å²) in [6, 6.07) is 14.1. The third-order valence-electron chi connectivity index (χ3n) is 3.86. The van der Waals surface area contributed by atoms with Crippen LogP contribution in [0.5, 0.6) is 0 Å². The molecule has 0 saturated heterocycles. The summed E-state index contributed by atoms with van der Waals surface area (Å²) in [5, 5.41) is 16.9. The quantitative estimate of drug-likeness (QED) is 0.507. The van der Waals surface area contributed by atoms with Crippen molar-refractivity contribution in [3.05, 3.63) is 63.6 Å². The maximum absolute atomic E-state index is 12.4. The Hall–Kier alpha value is -2.89. The SMILES string of the molecule is N#CCNC(=O)[C@H](CCC(=O)Nc1ccc(Cl)cc1)NC(=O)c1ccc(Br)cc1. The molecular weight excluding hydrogens is 460 g/mol. The van der Waals surface area contributed by atoms with Crippen molar-refractivity contribution in [1.29, 1.82) is 5.26 Å². The van der Waals surface area contributed by atoms with Gasteiger partial charge in [-0.3, -0.25) is 14.4 Å². The van der Waals surface area contributed by atoms with E-state index < -0.39 is 17.9 Å². The molecule has 0 aliphatic carbocycles. The Morgan fingerprint density at radius 1 is 1.07 bits per heavy atom. The summed E-state index contributed by atoms with van der Waals surface area (Å²) in [4.78, 5) is 36.9. The van der Waals surface area contributed by atoms with Gasteiger partial charge in [-0.15, -0.1) is 0 Å². The summed E-state index contributed by atoms with van der Waals surface area (Å²) in [5.41, 5.74) is 0.945. The molecule has 0 unspecified atom stereocenters. The van der Waals surface area contributed by atoms with E-state index in [0.717, 1.165) is 4.47 Å². The highest BCUT2D eigenvalue weighted by Gasteiger charge is 2.22. The molecule has 2 aromatic carbocycles. The first-order valence-electron chi connectivity index (χ1n) is 8.65. The summed E-state index contributed by atoms with van der Waals surface area (Å²) in [5.74, 6) is -1.30. The van der Waals surface area contributed by atoms with Crippen LogP contribution in [-0.4, -0.2) is 30.3 Å². The van der Waals surface area contributed by atoms with Gasteiger partial charge in [-0.25, -0.2) is 0 Å². The lowest BCUT2D eigenvalue weighted by atomic mass is 10.1. The topological polar surface area (TPSA) is 111 Å². The Morgan fingerprint density at radius 3 is 2.34 bits per heavy atom. The molecule has 0 fully saturated rings. The van der Waals surface area contributed by atoms with Crippen molar-refractivity contribution in [2.24, 2.45) is 0 Å². The van der Waals surface area contributed by atoms with E-state index in [4.69, 9.17) is 16.9 Å². The normalized spacial score (nSPS) is 11.1. The minimum absolute atomic E-state index is 0.00607. The number of carbonyl (C=O) groups excluding carboxylic acids is 3. The lowest BCUT2D eigenvalue weighted by molar-refractivity contribution is -0.123. The van der Waals surface area contributed by atoms with E-state index in [1.165, 1.54) is 0 Å². The van der Waals surface area contributed by atoms with Crippen LogP contribution < -0.4 is 16.0 Å². The van der Waals surface area contributed by atoms with Gasteiger partial charge in [0.05, 0.1) is 6.07 Å². The molecule has 9 heteroatoms. The van der Waals surface area contributed by atoms with Crippen LogP contribution in [0.2, 0.25) is 5.02 Å². The van der Waals surface area contributed by atoms with Crippen LogP contribution in [-0.2, 0) is 9.59 Å². The van der Waals surface area contributed by atoms with Crippen LogP contribution in [0.4, 0.5) is 5.69 Å². The van der Waals surface area contributed by atoms with E-state index in [2.05, 4.69) is 31.9 Å². The first-order chi connectivity index (χ1) is 13.9. The summed E-state index contributed by atoms with van der Waals surface area (Å²) in [7, 11) is 0. The molecular formula is C20H18BrClN4O3. The summed E-state index contributed by atoms with van der Waals surface area (Å²) >= 11 is 9.10. The van der Waals surface area contributed by atoms with Crippen molar-refractivity contribution in [3.63, 3.8) is 0 Å². The number of hydrogen-bond donors (Lipinski definition) is 3. The second-order valence-corrected chi connectivity index (χ2v) is 7.35. The number of amides is 3. The Balaban J connectivity index is 1.99. The monoisotopic (exact) mass is 476 g/mol. The molecule has 1 atom stereocenters. The van der Waals surface area contributed by atoms with Gasteiger partial charge in [0.25, 0.3) is 5.91 Å². The zero-order valence-corrected chi connectivity index (χ0v) is 17.6. The fourth-order valence-electron chi connectivity index (χ4n) is 2.39. The number of carbonyl (C=O) groups is 3. The third kappa shape index (κ3) is 7.56. The van der Waals surface area contributed by atoms with E-state index in [0.29, 0.717) is 16.3 Å². The maximum atomic E-state index is 12.4. The molecule has 2 aromatic rings. The van der Waals surface area contributed by atoms with E-state index in [9.17, 15) is 14.4 Å². The molecule has 2 rings (SSSR count). The van der Waals surface area contributed by atoms with Crippen LogP contribution in [0.1, 0.15) is 23.2 Å². The highest BCUT2D eigenvalue weighted by atomic mass is 79.9. The summed E-state index contributed by atoms with van der Waals surface area (Å²) in [6.45, 7) is -0.194.